The Labute approximate surface area is 176 Å². The molecule has 1 aromatic heterocycles. The fourth-order valence-corrected chi connectivity index (χ4v) is 2.56. The molecule has 2 aromatic carbocycles. The van der Waals surface area contributed by atoms with E-state index < -0.39 is 9.85 Å². The van der Waals surface area contributed by atoms with Crippen LogP contribution in [-0.4, -0.2) is 28.2 Å². The summed E-state index contributed by atoms with van der Waals surface area (Å²) in [4.78, 5) is 24.9. The van der Waals surface area contributed by atoms with Crippen LogP contribution in [0, 0.1) is 20.2 Å². The third-order valence-electron chi connectivity index (χ3n) is 4.09. The van der Waals surface area contributed by atoms with Crippen LogP contribution in [0.5, 0.6) is 11.5 Å². The molecule has 0 spiro atoms. The number of hydrazone groups is 1. The van der Waals surface area contributed by atoms with Gasteiger partial charge in [0.15, 0.2) is 11.5 Å². The maximum atomic E-state index is 11.5. The molecule has 0 fully saturated rings. The molecule has 3 aromatic rings. The SMILES string of the molecule is COc1cc(/C=N/Nc2ccc([N+](=O)[O-])cn2)c([N+](=O)[O-])cc1OCc1ccccc1. The van der Waals surface area contributed by atoms with Crippen LogP contribution < -0.4 is 14.9 Å². The summed E-state index contributed by atoms with van der Waals surface area (Å²) in [5.41, 5.74) is 3.24. The summed E-state index contributed by atoms with van der Waals surface area (Å²) in [6.07, 6.45) is 2.30. The van der Waals surface area contributed by atoms with Gasteiger partial charge in [0.05, 0.1) is 34.8 Å². The lowest BCUT2D eigenvalue weighted by molar-refractivity contribution is -0.385. The Morgan fingerprint density at radius 1 is 1.06 bits per heavy atom. The first-order valence-corrected chi connectivity index (χ1v) is 8.90. The summed E-state index contributed by atoms with van der Waals surface area (Å²) in [5, 5.41) is 26.1. The van der Waals surface area contributed by atoms with Crippen LogP contribution in [0.4, 0.5) is 17.2 Å². The van der Waals surface area contributed by atoms with Gasteiger partial charge in [0.25, 0.3) is 11.4 Å². The van der Waals surface area contributed by atoms with E-state index >= 15 is 0 Å². The molecule has 11 heteroatoms. The van der Waals surface area contributed by atoms with E-state index in [0.717, 1.165) is 11.8 Å². The van der Waals surface area contributed by atoms with Crippen molar-refractivity contribution in [1.29, 1.82) is 0 Å². The molecule has 158 valence electrons. The lowest BCUT2D eigenvalue weighted by atomic mass is 10.1. The molecule has 0 saturated heterocycles. The van der Waals surface area contributed by atoms with Gasteiger partial charge in [-0.15, -0.1) is 0 Å². The quantitative estimate of drug-likeness (QED) is 0.310. The molecule has 0 bridgehead atoms. The van der Waals surface area contributed by atoms with E-state index in [0.29, 0.717) is 5.75 Å². The van der Waals surface area contributed by atoms with Crippen molar-refractivity contribution in [3.63, 3.8) is 0 Å². The highest BCUT2D eigenvalue weighted by Gasteiger charge is 2.19. The second-order valence-corrected chi connectivity index (χ2v) is 6.12. The largest absolute Gasteiger partial charge is 0.493 e. The lowest BCUT2D eigenvalue weighted by Gasteiger charge is -2.12. The van der Waals surface area contributed by atoms with Gasteiger partial charge in [-0.1, -0.05) is 30.3 Å². The van der Waals surface area contributed by atoms with E-state index in [1.807, 2.05) is 30.3 Å². The number of benzene rings is 2. The Morgan fingerprint density at radius 3 is 2.45 bits per heavy atom. The van der Waals surface area contributed by atoms with Crippen molar-refractivity contribution >= 4 is 23.4 Å². The number of rotatable bonds is 9. The molecule has 0 radical (unpaired) electrons. The van der Waals surface area contributed by atoms with Crippen LogP contribution in [0.3, 0.4) is 0 Å². The summed E-state index contributed by atoms with van der Waals surface area (Å²) < 4.78 is 11.0. The Bertz CT molecular complexity index is 1100. The Kier molecular flexibility index (Phi) is 6.68. The van der Waals surface area contributed by atoms with Gasteiger partial charge in [0.2, 0.25) is 0 Å². The summed E-state index contributed by atoms with van der Waals surface area (Å²) in [6, 6.07) is 14.7. The van der Waals surface area contributed by atoms with Crippen LogP contribution in [0.1, 0.15) is 11.1 Å². The van der Waals surface area contributed by atoms with Gasteiger partial charge in [0.1, 0.15) is 18.6 Å². The first-order valence-electron chi connectivity index (χ1n) is 8.90. The van der Waals surface area contributed by atoms with Crippen molar-refractivity contribution in [3.8, 4) is 11.5 Å². The molecule has 31 heavy (non-hydrogen) atoms. The fraction of sp³-hybridized carbons (Fsp3) is 0.100. The van der Waals surface area contributed by atoms with E-state index in [1.165, 1.54) is 37.6 Å². The van der Waals surface area contributed by atoms with Gasteiger partial charge in [-0.3, -0.25) is 25.7 Å². The molecule has 0 amide bonds. The van der Waals surface area contributed by atoms with E-state index in [4.69, 9.17) is 9.47 Å². The third kappa shape index (κ3) is 5.50. The average molecular weight is 423 g/mol. The predicted octanol–water partition coefficient (Wildman–Crippen LogP) is 3.93. The number of anilines is 1. The van der Waals surface area contributed by atoms with Crippen molar-refractivity contribution in [2.24, 2.45) is 5.10 Å². The van der Waals surface area contributed by atoms with Gasteiger partial charge in [-0.2, -0.15) is 5.10 Å². The summed E-state index contributed by atoms with van der Waals surface area (Å²) in [7, 11) is 1.43. The molecular formula is C20H17N5O6. The van der Waals surface area contributed by atoms with Crippen molar-refractivity contribution < 1.29 is 19.3 Å². The minimum Gasteiger partial charge on any atom is -0.493 e. The Hall–Kier alpha value is -4.54. The number of methoxy groups -OCH3 is 1. The van der Waals surface area contributed by atoms with Crippen molar-refractivity contribution in [2.75, 3.05) is 12.5 Å². The molecule has 0 aliphatic heterocycles. The van der Waals surface area contributed by atoms with Gasteiger partial charge in [0, 0.05) is 6.07 Å². The van der Waals surface area contributed by atoms with Crippen LogP contribution in [0.15, 0.2) is 65.9 Å². The van der Waals surface area contributed by atoms with Crippen molar-refractivity contribution in [2.45, 2.75) is 6.61 Å². The van der Waals surface area contributed by atoms with Crippen molar-refractivity contribution in [1.82, 2.24) is 4.98 Å². The van der Waals surface area contributed by atoms with E-state index in [-0.39, 0.29) is 35.1 Å². The summed E-state index contributed by atoms with van der Waals surface area (Å²) >= 11 is 0. The molecule has 3 rings (SSSR count). The molecular weight excluding hydrogens is 406 g/mol. The Balaban J connectivity index is 1.79. The highest BCUT2D eigenvalue weighted by atomic mass is 16.6. The molecule has 1 heterocycles. The highest BCUT2D eigenvalue weighted by molar-refractivity contribution is 5.87. The number of nitro benzene ring substituents is 1. The standard InChI is InChI=1S/C20H17N5O6/c1-30-18-9-15(11-22-23-20-8-7-16(12-21-20)24(26)27)17(25(28)29)10-19(18)31-13-14-5-3-2-4-6-14/h2-12H,13H2,1H3,(H,21,23)/b22-11+. The topological polar surface area (TPSA) is 142 Å². The number of nitrogens with zero attached hydrogens (tertiary/aromatic N) is 4. The summed E-state index contributed by atoms with van der Waals surface area (Å²) in [6.45, 7) is 0.217. The number of ether oxygens (including phenoxy) is 2. The van der Waals surface area contributed by atoms with Crippen LogP contribution in [0.25, 0.3) is 0 Å². The molecule has 0 unspecified atom stereocenters. The number of pyridine rings is 1. The molecule has 0 aliphatic carbocycles. The van der Waals surface area contributed by atoms with Crippen LogP contribution >= 0.6 is 0 Å². The van der Waals surface area contributed by atoms with E-state index in [1.54, 1.807) is 0 Å². The zero-order valence-electron chi connectivity index (χ0n) is 16.3. The zero-order valence-corrected chi connectivity index (χ0v) is 16.3. The maximum Gasteiger partial charge on any atom is 0.287 e. The first kappa shape index (κ1) is 21.2. The second kappa shape index (κ2) is 9.78. The van der Waals surface area contributed by atoms with Gasteiger partial charge < -0.3 is 9.47 Å². The lowest BCUT2D eigenvalue weighted by Crippen LogP contribution is -2.02. The minimum absolute atomic E-state index is 0.166. The number of hydrogen-bond donors (Lipinski definition) is 1. The van der Waals surface area contributed by atoms with Crippen molar-refractivity contribution in [3.05, 3.63) is 92.1 Å². The number of hydrogen-bond acceptors (Lipinski definition) is 9. The fourth-order valence-electron chi connectivity index (χ4n) is 2.56. The summed E-state index contributed by atoms with van der Waals surface area (Å²) in [5.74, 6) is 0.760. The van der Waals surface area contributed by atoms with E-state index in [2.05, 4.69) is 15.5 Å². The van der Waals surface area contributed by atoms with E-state index in [9.17, 15) is 20.2 Å². The minimum atomic E-state index is -0.572. The molecule has 11 nitrogen and oxygen atoms in total. The van der Waals surface area contributed by atoms with Crippen LogP contribution in [-0.2, 0) is 6.61 Å². The number of nitro groups is 2. The van der Waals surface area contributed by atoms with Gasteiger partial charge in [-0.25, -0.2) is 4.98 Å². The number of nitrogens with one attached hydrogen (secondary N) is 1. The smallest absolute Gasteiger partial charge is 0.287 e. The zero-order chi connectivity index (χ0) is 22.2. The van der Waals surface area contributed by atoms with Gasteiger partial charge >= 0.3 is 0 Å². The monoisotopic (exact) mass is 423 g/mol. The molecule has 1 N–H and O–H groups in total. The molecule has 0 aliphatic rings. The van der Waals surface area contributed by atoms with Gasteiger partial charge in [-0.05, 0) is 17.7 Å². The number of aromatic nitrogens is 1. The first-order chi connectivity index (χ1) is 15.0. The highest BCUT2D eigenvalue weighted by Crippen LogP contribution is 2.34. The average Bonchev–Trinajstić information content (AvgIpc) is 2.78. The maximum absolute atomic E-state index is 11.5. The molecule has 0 atom stereocenters. The normalized spacial score (nSPS) is 10.6. The third-order valence-corrected chi connectivity index (χ3v) is 4.09. The Morgan fingerprint density at radius 2 is 1.84 bits per heavy atom. The van der Waals surface area contributed by atoms with Crippen LogP contribution in [0.2, 0.25) is 0 Å². The second-order valence-electron chi connectivity index (χ2n) is 6.12. The molecule has 0 saturated carbocycles. The predicted molar refractivity (Wildman–Crippen MR) is 113 cm³/mol.